The van der Waals surface area contributed by atoms with Gasteiger partial charge in [-0.25, -0.2) is 4.79 Å². The fraction of sp³-hybridized carbons (Fsp3) is 0.562. The number of nitrogens with zero attached hydrogens (tertiary/aromatic N) is 2. The quantitative estimate of drug-likeness (QED) is 0.860. The Morgan fingerprint density at radius 1 is 1.38 bits per heavy atom. The number of ether oxygens (including phenoxy) is 1. The minimum Gasteiger partial charge on any atom is -0.479 e. The highest BCUT2D eigenvalue weighted by atomic mass is 16.5. The summed E-state index contributed by atoms with van der Waals surface area (Å²) in [5.74, 6) is -0.886. The molecule has 0 spiro atoms. The molecule has 1 aliphatic rings. The molecule has 1 heterocycles. The van der Waals surface area contributed by atoms with Gasteiger partial charge in [0.1, 0.15) is 0 Å². The van der Waals surface area contributed by atoms with Crippen molar-refractivity contribution >= 4 is 5.97 Å². The van der Waals surface area contributed by atoms with Crippen LogP contribution < -0.4 is 0 Å². The van der Waals surface area contributed by atoms with E-state index in [9.17, 15) is 9.90 Å². The number of rotatable bonds is 6. The van der Waals surface area contributed by atoms with Gasteiger partial charge >= 0.3 is 5.97 Å². The molecule has 5 nitrogen and oxygen atoms in total. The molecule has 21 heavy (non-hydrogen) atoms. The number of benzene rings is 1. The lowest BCUT2D eigenvalue weighted by molar-refractivity contribution is -0.152. The molecule has 1 saturated heterocycles. The van der Waals surface area contributed by atoms with E-state index in [2.05, 4.69) is 29.0 Å². The zero-order valence-electron chi connectivity index (χ0n) is 12.7. The Kier molecular flexibility index (Phi) is 5.73. The zero-order valence-corrected chi connectivity index (χ0v) is 12.7. The molecule has 2 unspecified atom stereocenters. The molecule has 2 rings (SSSR count). The van der Waals surface area contributed by atoms with Crippen molar-refractivity contribution in [2.24, 2.45) is 0 Å². The van der Waals surface area contributed by atoms with Crippen LogP contribution in [-0.4, -0.2) is 66.8 Å². The van der Waals surface area contributed by atoms with Crippen molar-refractivity contribution in [2.75, 3.05) is 39.8 Å². The Morgan fingerprint density at radius 2 is 2.10 bits per heavy atom. The predicted octanol–water partition coefficient (Wildman–Crippen LogP) is 1.46. The van der Waals surface area contributed by atoms with E-state index in [4.69, 9.17) is 4.74 Å². The van der Waals surface area contributed by atoms with Gasteiger partial charge in [0.15, 0.2) is 6.10 Å². The van der Waals surface area contributed by atoms with E-state index in [1.54, 1.807) is 0 Å². The van der Waals surface area contributed by atoms with E-state index >= 15 is 0 Å². The molecule has 1 N–H and O–H groups in total. The highest BCUT2D eigenvalue weighted by Crippen LogP contribution is 2.25. The van der Waals surface area contributed by atoms with Crippen LogP contribution in [-0.2, 0) is 9.53 Å². The highest BCUT2D eigenvalue weighted by Gasteiger charge is 2.30. The van der Waals surface area contributed by atoms with Crippen LogP contribution in [0.25, 0.3) is 0 Å². The summed E-state index contributed by atoms with van der Waals surface area (Å²) in [7, 11) is 2.10. The second-order valence-electron chi connectivity index (χ2n) is 5.47. The molecule has 1 fully saturated rings. The normalized spacial score (nSPS) is 22.1. The molecule has 5 heteroatoms. The van der Waals surface area contributed by atoms with Crippen molar-refractivity contribution in [1.82, 2.24) is 9.80 Å². The molecule has 0 amide bonds. The SMILES string of the molecule is CCOC(CN1CCN(C)CC1c1ccccc1)C(=O)O. The van der Waals surface area contributed by atoms with E-state index in [0.29, 0.717) is 13.2 Å². The van der Waals surface area contributed by atoms with E-state index in [1.165, 1.54) is 5.56 Å². The van der Waals surface area contributed by atoms with Gasteiger partial charge in [-0.3, -0.25) is 4.90 Å². The lowest BCUT2D eigenvalue weighted by Gasteiger charge is -2.41. The smallest absolute Gasteiger partial charge is 0.334 e. The largest absolute Gasteiger partial charge is 0.479 e. The molecule has 0 bridgehead atoms. The summed E-state index contributed by atoms with van der Waals surface area (Å²) in [6, 6.07) is 10.5. The van der Waals surface area contributed by atoms with Crippen LogP contribution in [0.15, 0.2) is 30.3 Å². The second kappa shape index (κ2) is 7.54. The van der Waals surface area contributed by atoms with Gasteiger partial charge in [-0.2, -0.15) is 0 Å². The van der Waals surface area contributed by atoms with Gasteiger partial charge in [-0.15, -0.1) is 0 Å². The van der Waals surface area contributed by atoms with E-state index < -0.39 is 12.1 Å². The fourth-order valence-corrected chi connectivity index (χ4v) is 2.78. The van der Waals surface area contributed by atoms with Crippen LogP contribution in [0, 0.1) is 0 Å². The predicted molar refractivity (Wildman–Crippen MR) is 81.3 cm³/mol. The molecule has 1 aromatic rings. The van der Waals surface area contributed by atoms with Crippen molar-refractivity contribution in [3.05, 3.63) is 35.9 Å². The summed E-state index contributed by atoms with van der Waals surface area (Å²) in [5.41, 5.74) is 1.23. The average Bonchev–Trinajstić information content (AvgIpc) is 2.49. The Hall–Kier alpha value is -1.43. The number of piperazine rings is 1. The Balaban J connectivity index is 2.13. The molecule has 1 aliphatic heterocycles. The van der Waals surface area contributed by atoms with E-state index in [1.807, 2.05) is 25.1 Å². The Morgan fingerprint density at radius 3 is 2.71 bits per heavy atom. The van der Waals surface area contributed by atoms with Gasteiger partial charge in [-0.05, 0) is 19.5 Å². The molecule has 0 radical (unpaired) electrons. The first-order valence-electron chi connectivity index (χ1n) is 7.43. The molecule has 116 valence electrons. The number of aliphatic carboxylic acids is 1. The summed E-state index contributed by atoms with van der Waals surface area (Å²) < 4.78 is 5.36. The summed E-state index contributed by atoms with van der Waals surface area (Å²) in [6.07, 6.45) is -0.760. The highest BCUT2D eigenvalue weighted by molar-refractivity contribution is 5.72. The van der Waals surface area contributed by atoms with Gasteiger partial charge in [-0.1, -0.05) is 30.3 Å². The minimum absolute atomic E-state index is 0.215. The van der Waals surface area contributed by atoms with E-state index in [0.717, 1.165) is 19.6 Å². The maximum absolute atomic E-state index is 11.3. The first-order chi connectivity index (χ1) is 10.1. The van der Waals surface area contributed by atoms with Gasteiger partial charge in [0.2, 0.25) is 0 Å². The third kappa shape index (κ3) is 4.27. The summed E-state index contributed by atoms with van der Waals surface area (Å²) in [6.45, 7) is 5.38. The van der Waals surface area contributed by atoms with Gasteiger partial charge in [0.05, 0.1) is 0 Å². The maximum atomic E-state index is 11.3. The molecule has 0 aromatic heterocycles. The standard InChI is InChI=1S/C16H24N2O3/c1-3-21-15(16(19)20)12-18-10-9-17(2)11-14(18)13-7-5-4-6-8-13/h4-8,14-15H,3,9-12H2,1-2H3,(H,19,20). The Bertz CT molecular complexity index is 452. The number of hydrogen-bond acceptors (Lipinski definition) is 4. The molecule has 2 atom stereocenters. The summed E-state index contributed by atoms with van der Waals surface area (Å²) in [4.78, 5) is 15.8. The third-order valence-electron chi connectivity index (χ3n) is 3.92. The molecule has 0 aliphatic carbocycles. The van der Waals surface area contributed by atoms with Crippen LogP contribution in [0.4, 0.5) is 0 Å². The topological polar surface area (TPSA) is 53.0 Å². The molecular weight excluding hydrogens is 268 g/mol. The number of carboxylic acid groups (broad SMARTS) is 1. The molecule has 1 aromatic carbocycles. The number of hydrogen-bond donors (Lipinski definition) is 1. The lowest BCUT2D eigenvalue weighted by Crippen LogP contribution is -2.50. The molecule has 0 saturated carbocycles. The van der Waals surface area contributed by atoms with Crippen LogP contribution in [0.2, 0.25) is 0 Å². The fourth-order valence-electron chi connectivity index (χ4n) is 2.78. The van der Waals surface area contributed by atoms with Crippen molar-refractivity contribution in [3.8, 4) is 0 Å². The van der Waals surface area contributed by atoms with E-state index in [-0.39, 0.29) is 6.04 Å². The summed E-state index contributed by atoms with van der Waals surface area (Å²) >= 11 is 0. The number of carbonyl (C=O) groups is 1. The van der Waals surface area contributed by atoms with Gasteiger partial charge < -0.3 is 14.7 Å². The number of likely N-dealkylation sites (N-methyl/N-ethyl adjacent to an activating group) is 1. The van der Waals surface area contributed by atoms with Crippen molar-refractivity contribution in [3.63, 3.8) is 0 Å². The monoisotopic (exact) mass is 292 g/mol. The van der Waals surface area contributed by atoms with Gasteiger partial charge in [0, 0.05) is 38.8 Å². The Labute approximate surface area is 126 Å². The second-order valence-corrected chi connectivity index (χ2v) is 5.47. The average molecular weight is 292 g/mol. The van der Waals surface area contributed by atoms with Crippen LogP contribution in [0.1, 0.15) is 18.5 Å². The minimum atomic E-state index is -0.886. The first kappa shape index (κ1) is 15.9. The van der Waals surface area contributed by atoms with Crippen molar-refractivity contribution < 1.29 is 14.6 Å². The third-order valence-corrected chi connectivity index (χ3v) is 3.92. The van der Waals surface area contributed by atoms with Crippen molar-refractivity contribution in [1.29, 1.82) is 0 Å². The lowest BCUT2D eigenvalue weighted by atomic mass is 10.0. The zero-order chi connectivity index (χ0) is 15.2. The van der Waals surface area contributed by atoms with Gasteiger partial charge in [0.25, 0.3) is 0 Å². The van der Waals surface area contributed by atoms with Crippen LogP contribution >= 0.6 is 0 Å². The summed E-state index contributed by atoms with van der Waals surface area (Å²) in [5, 5.41) is 9.28. The van der Waals surface area contributed by atoms with Crippen LogP contribution in [0.5, 0.6) is 0 Å². The van der Waals surface area contributed by atoms with Crippen molar-refractivity contribution in [2.45, 2.75) is 19.1 Å². The molecular formula is C16H24N2O3. The maximum Gasteiger partial charge on any atom is 0.334 e. The van der Waals surface area contributed by atoms with Crippen LogP contribution in [0.3, 0.4) is 0 Å². The first-order valence-corrected chi connectivity index (χ1v) is 7.43. The number of carboxylic acids is 1.